The molecular formula is C18H28N6O. The molecule has 0 saturated carbocycles. The highest BCUT2D eigenvalue weighted by molar-refractivity contribution is 5.91. The van der Waals surface area contributed by atoms with Gasteiger partial charge in [-0.3, -0.25) is 14.4 Å². The molecule has 1 N–H and O–H groups in total. The van der Waals surface area contributed by atoms with Crippen LogP contribution in [0, 0.1) is 12.8 Å². The van der Waals surface area contributed by atoms with Crippen LogP contribution in [0.1, 0.15) is 47.7 Å². The molecule has 0 aromatic carbocycles. The average molecular weight is 344 g/mol. The summed E-state index contributed by atoms with van der Waals surface area (Å²) >= 11 is 0. The molecule has 7 nitrogen and oxygen atoms in total. The summed E-state index contributed by atoms with van der Waals surface area (Å²) in [6.07, 6.45) is 7.97. The van der Waals surface area contributed by atoms with Crippen LogP contribution in [0.15, 0.2) is 18.6 Å². The second-order valence-electron chi connectivity index (χ2n) is 6.99. The Balaban J connectivity index is 1.77. The number of aromatic nitrogens is 4. The molecule has 136 valence electrons. The highest BCUT2D eigenvalue weighted by Crippen LogP contribution is 2.36. The number of hydrogen-bond acceptors (Lipinski definition) is 4. The van der Waals surface area contributed by atoms with Gasteiger partial charge in [-0.1, -0.05) is 6.92 Å². The first-order valence-electron chi connectivity index (χ1n) is 8.99. The predicted octanol–water partition coefficient (Wildman–Crippen LogP) is 2.00. The third-order valence-corrected chi connectivity index (χ3v) is 5.12. The topological polar surface area (TPSA) is 70.1 Å². The zero-order valence-electron chi connectivity index (χ0n) is 15.6. The Morgan fingerprint density at radius 1 is 1.44 bits per heavy atom. The Hall–Kier alpha value is -2.15. The number of hydrogen-bond donors (Lipinski definition) is 1. The van der Waals surface area contributed by atoms with Gasteiger partial charge in [-0.2, -0.15) is 5.10 Å². The zero-order valence-corrected chi connectivity index (χ0v) is 15.6. The summed E-state index contributed by atoms with van der Waals surface area (Å²) in [5.41, 5.74) is 1.80. The summed E-state index contributed by atoms with van der Waals surface area (Å²) in [5, 5.41) is 4.36. The maximum Gasteiger partial charge on any atom is 0.271 e. The van der Waals surface area contributed by atoms with Crippen LogP contribution in [0.3, 0.4) is 0 Å². The van der Waals surface area contributed by atoms with Crippen LogP contribution < -0.4 is 0 Å². The van der Waals surface area contributed by atoms with Crippen LogP contribution in [0.25, 0.3) is 0 Å². The van der Waals surface area contributed by atoms with Crippen LogP contribution in [-0.2, 0) is 7.05 Å². The van der Waals surface area contributed by atoms with E-state index in [-0.39, 0.29) is 5.91 Å². The largest absolute Gasteiger partial charge is 0.340 e. The Morgan fingerprint density at radius 2 is 2.24 bits per heavy atom. The van der Waals surface area contributed by atoms with Gasteiger partial charge in [0.05, 0.1) is 12.4 Å². The van der Waals surface area contributed by atoms with E-state index in [1.807, 2.05) is 36.8 Å². The molecule has 0 aliphatic carbocycles. The number of H-pyrrole nitrogens is 1. The molecule has 2 atom stereocenters. The lowest BCUT2D eigenvalue weighted by Crippen LogP contribution is -2.44. The monoisotopic (exact) mass is 344 g/mol. The predicted molar refractivity (Wildman–Crippen MR) is 96.2 cm³/mol. The van der Waals surface area contributed by atoms with Crippen LogP contribution in [0.2, 0.25) is 0 Å². The number of nitrogens with one attached hydrogen (secondary N) is 1. The number of imidazole rings is 1. The molecular weight excluding hydrogens is 316 g/mol. The van der Waals surface area contributed by atoms with Crippen molar-refractivity contribution in [3.8, 4) is 0 Å². The SMILES string of the molecule is CCN1CCC[C@@H](CN(C)C(=O)c2cnc(C)[nH]2)[C@@H]1c1cnn(C)c1. The number of amides is 1. The fourth-order valence-corrected chi connectivity index (χ4v) is 3.94. The van der Waals surface area contributed by atoms with Crippen molar-refractivity contribution in [2.45, 2.75) is 32.7 Å². The molecule has 0 radical (unpaired) electrons. The van der Waals surface area contributed by atoms with Crippen molar-refractivity contribution >= 4 is 5.91 Å². The van der Waals surface area contributed by atoms with E-state index in [4.69, 9.17) is 0 Å². The van der Waals surface area contributed by atoms with Crippen LogP contribution in [0.5, 0.6) is 0 Å². The first-order chi connectivity index (χ1) is 12.0. The van der Waals surface area contributed by atoms with Gasteiger partial charge in [0.25, 0.3) is 5.91 Å². The lowest BCUT2D eigenvalue weighted by atomic mass is 9.85. The van der Waals surface area contributed by atoms with Gasteiger partial charge in [-0.05, 0) is 38.8 Å². The van der Waals surface area contributed by atoms with Crippen LogP contribution >= 0.6 is 0 Å². The molecule has 1 aliphatic heterocycles. The van der Waals surface area contributed by atoms with Crippen molar-refractivity contribution < 1.29 is 4.79 Å². The number of carbonyl (C=O) groups is 1. The molecule has 0 bridgehead atoms. The van der Waals surface area contributed by atoms with Gasteiger partial charge in [0, 0.05) is 38.4 Å². The molecule has 2 aromatic rings. The average Bonchev–Trinajstić information content (AvgIpc) is 3.22. The fourth-order valence-electron chi connectivity index (χ4n) is 3.94. The molecule has 7 heteroatoms. The summed E-state index contributed by atoms with van der Waals surface area (Å²) in [6, 6.07) is 0.311. The van der Waals surface area contributed by atoms with Gasteiger partial charge in [0.2, 0.25) is 0 Å². The number of likely N-dealkylation sites (tertiary alicyclic amines) is 1. The van der Waals surface area contributed by atoms with E-state index in [0.717, 1.165) is 31.9 Å². The van der Waals surface area contributed by atoms with E-state index >= 15 is 0 Å². The minimum Gasteiger partial charge on any atom is -0.340 e. The summed E-state index contributed by atoms with van der Waals surface area (Å²) in [5.74, 6) is 1.16. The second kappa shape index (κ2) is 7.39. The van der Waals surface area contributed by atoms with E-state index in [0.29, 0.717) is 17.7 Å². The van der Waals surface area contributed by atoms with Gasteiger partial charge in [0.15, 0.2) is 0 Å². The van der Waals surface area contributed by atoms with Gasteiger partial charge >= 0.3 is 0 Å². The standard InChI is InChI=1S/C18H28N6O/c1-5-24-8-6-7-14(17(24)15-9-20-23(4)12-15)11-22(3)18(25)16-10-19-13(2)21-16/h9-10,12,14,17H,5-8,11H2,1-4H3,(H,19,21)/t14-,17+/m0/s1. The second-order valence-corrected chi connectivity index (χ2v) is 6.99. The molecule has 0 unspecified atom stereocenters. The minimum atomic E-state index is -0.000779. The normalized spacial score (nSPS) is 21.4. The molecule has 3 rings (SSSR count). The quantitative estimate of drug-likeness (QED) is 0.901. The summed E-state index contributed by atoms with van der Waals surface area (Å²) < 4.78 is 1.86. The summed E-state index contributed by atoms with van der Waals surface area (Å²) in [7, 11) is 3.83. The number of piperidine rings is 1. The summed E-state index contributed by atoms with van der Waals surface area (Å²) in [4.78, 5) is 24.1. The molecule has 1 aliphatic rings. The number of aromatic amines is 1. The van der Waals surface area contributed by atoms with Crippen molar-refractivity contribution in [1.29, 1.82) is 0 Å². The lowest BCUT2D eigenvalue weighted by Gasteiger charge is -2.41. The van der Waals surface area contributed by atoms with Crippen molar-refractivity contribution in [3.63, 3.8) is 0 Å². The Kier molecular flexibility index (Phi) is 5.22. The maximum atomic E-state index is 12.7. The zero-order chi connectivity index (χ0) is 18.0. The molecule has 1 fully saturated rings. The Labute approximate surface area is 149 Å². The molecule has 0 spiro atoms. The third-order valence-electron chi connectivity index (χ3n) is 5.12. The van der Waals surface area contributed by atoms with Crippen LogP contribution in [-0.4, -0.2) is 62.1 Å². The Bertz CT molecular complexity index is 721. The van der Waals surface area contributed by atoms with E-state index in [2.05, 4.69) is 33.1 Å². The number of rotatable bonds is 5. The van der Waals surface area contributed by atoms with Gasteiger partial charge in [-0.15, -0.1) is 0 Å². The van der Waals surface area contributed by atoms with E-state index in [1.54, 1.807) is 6.20 Å². The van der Waals surface area contributed by atoms with Gasteiger partial charge in [-0.25, -0.2) is 4.98 Å². The van der Waals surface area contributed by atoms with Crippen molar-refractivity contribution in [3.05, 3.63) is 35.7 Å². The number of nitrogens with zero attached hydrogens (tertiary/aromatic N) is 5. The molecule has 2 aromatic heterocycles. The highest BCUT2D eigenvalue weighted by atomic mass is 16.2. The lowest BCUT2D eigenvalue weighted by molar-refractivity contribution is 0.0585. The number of carbonyl (C=O) groups excluding carboxylic acids is 1. The molecule has 1 saturated heterocycles. The molecule has 3 heterocycles. The van der Waals surface area contributed by atoms with Crippen molar-refractivity contribution in [1.82, 2.24) is 29.5 Å². The van der Waals surface area contributed by atoms with Crippen molar-refractivity contribution in [2.75, 3.05) is 26.7 Å². The van der Waals surface area contributed by atoms with Gasteiger partial charge in [0.1, 0.15) is 11.5 Å². The maximum absolute atomic E-state index is 12.7. The molecule has 25 heavy (non-hydrogen) atoms. The number of aryl methyl sites for hydroxylation is 2. The first kappa shape index (κ1) is 17.7. The van der Waals surface area contributed by atoms with Crippen molar-refractivity contribution in [2.24, 2.45) is 13.0 Å². The Morgan fingerprint density at radius 3 is 2.84 bits per heavy atom. The summed E-state index contributed by atoms with van der Waals surface area (Å²) in [6.45, 7) is 6.90. The van der Waals surface area contributed by atoms with Crippen LogP contribution in [0.4, 0.5) is 0 Å². The fraction of sp³-hybridized carbons (Fsp3) is 0.611. The third kappa shape index (κ3) is 3.76. The first-order valence-corrected chi connectivity index (χ1v) is 8.99. The van der Waals surface area contributed by atoms with E-state index in [9.17, 15) is 4.79 Å². The van der Waals surface area contributed by atoms with E-state index < -0.39 is 0 Å². The molecule has 1 amide bonds. The highest BCUT2D eigenvalue weighted by Gasteiger charge is 2.34. The van der Waals surface area contributed by atoms with Gasteiger partial charge < -0.3 is 9.88 Å². The van der Waals surface area contributed by atoms with E-state index in [1.165, 1.54) is 12.0 Å². The minimum absolute atomic E-state index is 0.000779. The smallest absolute Gasteiger partial charge is 0.271 e.